The summed E-state index contributed by atoms with van der Waals surface area (Å²) in [5, 5.41) is 4.73. The Morgan fingerprint density at radius 1 is 1.28 bits per heavy atom. The molecule has 0 atom stereocenters. The van der Waals surface area contributed by atoms with E-state index in [1.165, 1.54) is 23.8 Å². The standard InChI is InChI=1S/C15H19BrN2/c1-3-4-7-17-10-12-8-11(2)18-15-6-5-13(16)9-14(12)15/h5-6,8-9,17H,3-4,7,10H2,1-2H3. The molecule has 0 fully saturated rings. The van der Waals surface area contributed by atoms with Crippen LogP contribution in [0.5, 0.6) is 0 Å². The molecule has 2 aromatic rings. The molecule has 0 amide bonds. The maximum atomic E-state index is 4.57. The highest BCUT2D eigenvalue weighted by molar-refractivity contribution is 9.10. The molecule has 0 spiro atoms. The van der Waals surface area contributed by atoms with Crippen molar-refractivity contribution in [3.05, 3.63) is 40.0 Å². The Hall–Kier alpha value is -0.930. The van der Waals surface area contributed by atoms with Gasteiger partial charge in [0, 0.05) is 22.1 Å². The molecule has 0 aliphatic carbocycles. The van der Waals surface area contributed by atoms with Crippen LogP contribution in [0.2, 0.25) is 0 Å². The molecule has 96 valence electrons. The van der Waals surface area contributed by atoms with Crippen LogP contribution in [0.25, 0.3) is 10.9 Å². The maximum absolute atomic E-state index is 4.57. The second-order valence-electron chi connectivity index (χ2n) is 4.61. The van der Waals surface area contributed by atoms with Crippen LogP contribution in [0, 0.1) is 6.92 Å². The Balaban J connectivity index is 2.27. The molecule has 1 aromatic heterocycles. The second-order valence-corrected chi connectivity index (χ2v) is 5.53. The summed E-state index contributed by atoms with van der Waals surface area (Å²) in [4.78, 5) is 4.57. The normalized spacial score (nSPS) is 11.1. The van der Waals surface area contributed by atoms with E-state index in [4.69, 9.17) is 0 Å². The molecule has 0 bridgehead atoms. The van der Waals surface area contributed by atoms with Gasteiger partial charge in [-0.25, -0.2) is 0 Å². The first-order valence-electron chi connectivity index (χ1n) is 6.47. The summed E-state index contributed by atoms with van der Waals surface area (Å²) in [7, 11) is 0. The predicted octanol–water partition coefficient (Wildman–Crippen LogP) is 4.20. The van der Waals surface area contributed by atoms with E-state index in [1.54, 1.807) is 0 Å². The number of aryl methyl sites for hydroxylation is 1. The monoisotopic (exact) mass is 306 g/mol. The van der Waals surface area contributed by atoms with Crippen LogP contribution in [-0.2, 0) is 6.54 Å². The maximum Gasteiger partial charge on any atom is 0.0709 e. The van der Waals surface area contributed by atoms with Gasteiger partial charge in [0.25, 0.3) is 0 Å². The zero-order chi connectivity index (χ0) is 13.0. The number of hydrogen-bond donors (Lipinski definition) is 1. The molecule has 1 aromatic carbocycles. The van der Waals surface area contributed by atoms with Crippen molar-refractivity contribution in [2.75, 3.05) is 6.54 Å². The van der Waals surface area contributed by atoms with Gasteiger partial charge in [-0.15, -0.1) is 0 Å². The summed E-state index contributed by atoms with van der Waals surface area (Å²) < 4.78 is 1.11. The number of aromatic nitrogens is 1. The summed E-state index contributed by atoms with van der Waals surface area (Å²) >= 11 is 3.53. The molecule has 2 nitrogen and oxygen atoms in total. The van der Waals surface area contributed by atoms with Crippen LogP contribution in [0.3, 0.4) is 0 Å². The number of hydrogen-bond acceptors (Lipinski definition) is 2. The van der Waals surface area contributed by atoms with Crippen molar-refractivity contribution in [3.8, 4) is 0 Å². The number of rotatable bonds is 5. The summed E-state index contributed by atoms with van der Waals surface area (Å²) in [6, 6.07) is 8.44. The molecule has 0 saturated heterocycles. The molecule has 0 radical (unpaired) electrons. The summed E-state index contributed by atoms with van der Waals surface area (Å²) in [5.74, 6) is 0. The van der Waals surface area contributed by atoms with Crippen molar-refractivity contribution in [2.45, 2.75) is 33.2 Å². The van der Waals surface area contributed by atoms with Gasteiger partial charge in [-0.05, 0) is 49.7 Å². The highest BCUT2D eigenvalue weighted by Gasteiger charge is 2.04. The average Bonchev–Trinajstić information content (AvgIpc) is 2.35. The highest BCUT2D eigenvalue weighted by Crippen LogP contribution is 2.22. The third kappa shape index (κ3) is 3.30. The Morgan fingerprint density at radius 3 is 2.89 bits per heavy atom. The van der Waals surface area contributed by atoms with E-state index in [2.05, 4.69) is 58.3 Å². The van der Waals surface area contributed by atoms with Gasteiger partial charge in [0.1, 0.15) is 0 Å². The molecule has 1 heterocycles. The van der Waals surface area contributed by atoms with E-state index >= 15 is 0 Å². The van der Waals surface area contributed by atoms with Crippen LogP contribution in [0.15, 0.2) is 28.7 Å². The van der Waals surface area contributed by atoms with Crippen molar-refractivity contribution in [2.24, 2.45) is 0 Å². The molecular formula is C15H19BrN2. The van der Waals surface area contributed by atoms with Gasteiger partial charge in [0.05, 0.1) is 5.52 Å². The predicted molar refractivity (Wildman–Crippen MR) is 80.8 cm³/mol. The van der Waals surface area contributed by atoms with Crippen molar-refractivity contribution in [1.82, 2.24) is 10.3 Å². The van der Waals surface area contributed by atoms with E-state index in [9.17, 15) is 0 Å². The fourth-order valence-electron chi connectivity index (χ4n) is 2.09. The SMILES string of the molecule is CCCCNCc1cc(C)nc2ccc(Br)cc12. The quantitative estimate of drug-likeness (QED) is 0.838. The van der Waals surface area contributed by atoms with E-state index < -0.39 is 0 Å². The van der Waals surface area contributed by atoms with Gasteiger partial charge in [0.2, 0.25) is 0 Å². The van der Waals surface area contributed by atoms with Crippen LogP contribution in [0.1, 0.15) is 31.0 Å². The molecule has 2 rings (SSSR count). The number of pyridine rings is 1. The fraction of sp³-hybridized carbons (Fsp3) is 0.400. The van der Waals surface area contributed by atoms with Gasteiger partial charge in [-0.1, -0.05) is 29.3 Å². The molecule has 0 unspecified atom stereocenters. The number of unbranched alkanes of at least 4 members (excludes halogenated alkanes) is 1. The van der Waals surface area contributed by atoms with Gasteiger partial charge < -0.3 is 5.32 Å². The Morgan fingerprint density at radius 2 is 2.11 bits per heavy atom. The zero-order valence-corrected chi connectivity index (χ0v) is 12.5. The lowest BCUT2D eigenvalue weighted by atomic mass is 10.1. The number of halogens is 1. The summed E-state index contributed by atoms with van der Waals surface area (Å²) in [6.07, 6.45) is 2.46. The largest absolute Gasteiger partial charge is 0.313 e. The highest BCUT2D eigenvalue weighted by atomic mass is 79.9. The minimum Gasteiger partial charge on any atom is -0.313 e. The van der Waals surface area contributed by atoms with Crippen molar-refractivity contribution >= 4 is 26.8 Å². The van der Waals surface area contributed by atoms with Crippen LogP contribution >= 0.6 is 15.9 Å². The van der Waals surface area contributed by atoms with E-state index in [-0.39, 0.29) is 0 Å². The van der Waals surface area contributed by atoms with Gasteiger partial charge in [0.15, 0.2) is 0 Å². The Labute approximate surface area is 117 Å². The minimum absolute atomic E-state index is 0.913. The number of benzene rings is 1. The topological polar surface area (TPSA) is 24.9 Å². The number of nitrogens with zero attached hydrogens (tertiary/aromatic N) is 1. The van der Waals surface area contributed by atoms with Gasteiger partial charge >= 0.3 is 0 Å². The smallest absolute Gasteiger partial charge is 0.0709 e. The van der Waals surface area contributed by atoms with E-state index in [1.807, 2.05) is 6.07 Å². The first-order valence-corrected chi connectivity index (χ1v) is 7.26. The van der Waals surface area contributed by atoms with Crippen LogP contribution in [-0.4, -0.2) is 11.5 Å². The van der Waals surface area contributed by atoms with Crippen molar-refractivity contribution < 1.29 is 0 Å². The molecule has 18 heavy (non-hydrogen) atoms. The zero-order valence-electron chi connectivity index (χ0n) is 11.0. The minimum atomic E-state index is 0.913. The molecule has 0 aliphatic rings. The Kier molecular flexibility index (Phi) is 4.72. The van der Waals surface area contributed by atoms with Crippen molar-refractivity contribution in [3.63, 3.8) is 0 Å². The lowest BCUT2D eigenvalue weighted by molar-refractivity contribution is 0.643. The van der Waals surface area contributed by atoms with Crippen molar-refractivity contribution in [1.29, 1.82) is 0 Å². The van der Waals surface area contributed by atoms with Gasteiger partial charge in [-0.3, -0.25) is 4.98 Å². The van der Waals surface area contributed by atoms with E-state index in [0.717, 1.165) is 28.8 Å². The first-order chi connectivity index (χ1) is 8.70. The third-order valence-corrected chi connectivity index (χ3v) is 3.50. The third-order valence-electron chi connectivity index (χ3n) is 3.01. The molecule has 0 saturated carbocycles. The molecule has 3 heteroatoms. The summed E-state index contributed by atoms with van der Waals surface area (Å²) in [6.45, 7) is 6.26. The van der Waals surface area contributed by atoms with E-state index in [0.29, 0.717) is 0 Å². The number of fused-ring (bicyclic) bond motifs is 1. The number of nitrogens with one attached hydrogen (secondary N) is 1. The second kappa shape index (κ2) is 6.30. The fourth-order valence-corrected chi connectivity index (χ4v) is 2.45. The lowest BCUT2D eigenvalue weighted by Gasteiger charge is -2.09. The molecular weight excluding hydrogens is 288 g/mol. The Bertz CT molecular complexity index is 537. The van der Waals surface area contributed by atoms with Crippen LogP contribution < -0.4 is 5.32 Å². The summed E-state index contributed by atoms with van der Waals surface area (Å²) in [5.41, 5.74) is 3.48. The molecule has 0 aliphatic heterocycles. The van der Waals surface area contributed by atoms with Crippen LogP contribution in [0.4, 0.5) is 0 Å². The lowest BCUT2D eigenvalue weighted by Crippen LogP contribution is -2.15. The first kappa shape index (κ1) is 13.5. The average molecular weight is 307 g/mol. The van der Waals surface area contributed by atoms with Gasteiger partial charge in [-0.2, -0.15) is 0 Å². The molecule has 1 N–H and O–H groups in total.